The zero-order valence-electron chi connectivity index (χ0n) is 53.9. The standard InChI is InChI=1S/C74H136O6/c1-4-7-10-13-16-19-22-25-28-31-33-35-36-37-38-40-41-43-46-49-52-55-58-61-64-67-73(76)79-70-71(69-78-72(75)66-63-60-57-54-51-48-45-30-27-24-21-18-15-12-9-6-3)80-74(77)68-65-62-59-56-53-50-47-44-42-39-34-32-29-26-23-20-17-14-11-8-5-2/h21,23-24,26,30,32,34,45,71H,4-20,22,25,27-29,31,33,35-44,46-70H2,1-3H3/b24-21-,26-23-,34-32-,45-30-. The van der Waals surface area contributed by atoms with Gasteiger partial charge in [-0.05, 0) is 83.5 Å². The second-order valence-corrected chi connectivity index (χ2v) is 24.1. The van der Waals surface area contributed by atoms with Gasteiger partial charge in [-0.1, -0.05) is 333 Å². The van der Waals surface area contributed by atoms with Gasteiger partial charge in [-0.2, -0.15) is 0 Å². The van der Waals surface area contributed by atoms with E-state index in [-0.39, 0.29) is 31.1 Å². The second kappa shape index (κ2) is 68.9. The number of unbranched alkanes of at least 4 members (excludes halogenated alkanes) is 47. The van der Waals surface area contributed by atoms with Crippen molar-refractivity contribution in [2.24, 2.45) is 0 Å². The third kappa shape index (κ3) is 66.2. The lowest BCUT2D eigenvalue weighted by molar-refractivity contribution is -0.167. The second-order valence-electron chi connectivity index (χ2n) is 24.1. The summed E-state index contributed by atoms with van der Waals surface area (Å²) in [6, 6.07) is 0. The fraction of sp³-hybridized carbons (Fsp3) is 0.851. The molecule has 0 rings (SSSR count). The molecule has 0 aromatic rings. The molecule has 6 heteroatoms. The Kier molecular flexibility index (Phi) is 66.6. The Bertz CT molecular complexity index is 1380. The Morgan fingerprint density at radius 1 is 0.250 bits per heavy atom. The summed E-state index contributed by atoms with van der Waals surface area (Å²) < 4.78 is 17.0. The number of rotatable bonds is 66. The number of carbonyl (C=O) groups is 3. The average Bonchev–Trinajstić information content (AvgIpc) is 3.46. The van der Waals surface area contributed by atoms with Crippen molar-refractivity contribution < 1.29 is 28.6 Å². The highest BCUT2D eigenvalue weighted by Crippen LogP contribution is 2.18. The van der Waals surface area contributed by atoms with Crippen molar-refractivity contribution in [1.82, 2.24) is 0 Å². The van der Waals surface area contributed by atoms with Crippen LogP contribution < -0.4 is 0 Å². The van der Waals surface area contributed by atoms with Gasteiger partial charge in [0.1, 0.15) is 13.2 Å². The van der Waals surface area contributed by atoms with Gasteiger partial charge in [0.2, 0.25) is 0 Å². The molecule has 80 heavy (non-hydrogen) atoms. The summed E-state index contributed by atoms with van der Waals surface area (Å²) in [5, 5.41) is 0. The number of esters is 3. The van der Waals surface area contributed by atoms with E-state index in [4.69, 9.17) is 14.2 Å². The fourth-order valence-corrected chi connectivity index (χ4v) is 10.7. The first-order valence-electron chi connectivity index (χ1n) is 35.6. The number of allylic oxidation sites excluding steroid dienone is 8. The summed E-state index contributed by atoms with van der Waals surface area (Å²) in [5.41, 5.74) is 0. The summed E-state index contributed by atoms with van der Waals surface area (Å²) in [4.78, 5) is 38.5. The topological polar surface area (TPSA) is 78.9 Å². The number of carbonyl (C=O) groups excluding carboxylic acids is 3. The van der Waals surface area contributed by atoms with Gasteiger partial charge >= 0.3 is 17.9 Å². The van der Waals surface area contributed by atoms with E-state index in [1.807, 2.05) is 0 Å². The zero-order chi connectivity index (χ0) is 57.8. The normalized spacial score (nSPS) is 12.3. The smallest absolute Gasteiger partial charge is 0.306 e. The van der Waals surface area contributed by atoms with Crippen LogP contribution in [-0.2, 0) is 28.6 Å². The molecule has 0 fully saturated rings. The summed E-state index contributed by atoms with van der Waals surface area (Å²) in [6.45, 7) is 6.67. The van der Waals surface area contributed by atoms with E-state index in [0.717, 1.165) is 83.5 Å². The van der Waals surface area contributed by atoms with Gasteiger partial charge in [0.05, 0.1) is 0 Å². The quantitative estimate of drug-likeness (QED) is 0.0261. The molecule has 0 aliphatic rings. The SMILES string of the molecule is CCCCCC/C=C\C/C=C\CCCCCCCC(=O)OCC(COC(=O)CCCCCCCCCCCCCCCCCCCCCCCCCCC)OC(=O)CCCCCCCCCCC/C=C\C/C=C\CCCCCCC. The first-order chi connectivity index (χ1) is 39.5. The predicted octanol–water partition coefficient (Wildman–Crippen LogP) is 24.5. The van der Waals surface area contributed by atoms with Crippen LogP contribution >= 0.6 is 0 Å². The minimum atomic E-state index is -0.781. The Hall–Kier alpha value is -2.63. The van der Waals surface area contributed by atoms with Crippen molar-refractivity contribution in [2.75, 3.05) is 13.2 Å². The highest BCUT2D eigenvalue weighted by molar-refractivity contribution is 5.71. The summed E-state index contributed by atoms with van der Waals surface area (Å²) in [5.74, 6) is -0.868. The maximum absolute atomic E-state index is 13.0. The van der Waals surface area contributed by atoms with E-state index < -0.39 is 6.10 Å². The van der Waals surface area contributed by atoms with Gasteiger partial charge < -0.3 is 14.2 Å². The van der Waals surface area contributed by atoms with Crippen LogP contribution in [0.25, 0.3) is 0 Å². The van der Waals surface area contributed by atoms with Crippen LogP contribution in [0.5, 0.6) is 0 Å². The van der Waals surface area contributed by atoms with Gasteiger partial charge in [-0.25, -0.2) is 0 Å². The Labute approximate surface area is 498 Å². The molecule has 0 amide bonds. The monoisotopic (exact) mass is 1120 g/mol. The van der Waals surface area contributed by atoms with E-state index >= 15 is 0 Å². The molecule has 1 unspecified atom stereocenters. The van der Waals surface area contributed by atoms with E-state index in [1.54, 1.807) is 0 Å². The van der Waals surface area contributed by atoms with Crippen LogP contribution in [0.2, 0.25) is 0 Å². The highest BCUT2D eigenvalue weighted by atomic mass is 16.6. The molecule has 0 radical (unpaired) electrons. The van der Waals surface area contributed by atoms with Gasteiger partial charge in [-0.15, -0.1) is 0 Å². The molecule has 0 spiro atoms. The maximum Gasteiger partial charge on any atom is 0.306 e. The third-order valence-electron chi connectivity index (χ3n) is 16.1. The van der Waals surface area contributed by atoms with Crippen LogP contribution in [-0.4, -0.2) is 37.2 Å². The zero-order valence-corrected chi connectivity index (χ0v) is 53.9. The van der Waals surface area contributed by atoms with Crippen molar-refractivity contribution in [3.8, 4) is 0 Å². The van der Waals surface area contributed by atoms with E-state index in [1.165, 1.54) is 263 Å². The lowest BCUT2D eigenvalue weighted by atomic mass is 10.0. The summed E-state index contributed by atoms with van der Waals surface area (Å²) in [6.07, 6.45) is 87.1. The molecule has 6 nitrogen and oxygen atoms in total. The Morgan fingerprint density at radius 2 is 0.450 bits per heavy atom. The van der Waals surface area contributed by atoms with Crippen molar-refractivity contribution in [1.29, 1.82) is 0 Å². The Balaban J connectivity index is 4.30. The lowest BCUT2D eigenvalue weighted by Gasteiger charge is -2.18. The molecule has 0 N–H and O–H groups in total. The van der Waals surface area contributed by atoms with Crippen molar-refractivity contribution in [2.45, 2.75) is 393 Å². The lowest BCUT2D eigenvalue weighted by Crippen LogP contribution is -2.30. The molecule has 0 aromatic carbocycles. The van der Waals surface area contributed by atoms with Gasteiger partial charge in [-0.3, -0.25) is 14.4 Å². The minimum Gasteiger partial charge on any atom is -0.462 e. The predicted molar refractivity (Wildman–Crippen MR) is 349 cm³/mol. The highest BCUT2D eigenvalue weighted by Gasteiger charge is 2.19. The Morgan fingerprint density at radius 3 is 0.700 bits per heavy atom. The summed E-state index contributed by atoms with van der Waals surface area (Å²) >= 11 is 0. The fourth-order valence-electron chi connectivity index (χ4n) is 10.7. The van der Waals surface area contributed by atoms with E-state index in [9.17, 15) is 14.4 Å². The van der Waals surface area contributed by atoms with Crippen molar-refractivity contribution in [3.63, 3.8) is 0 Å². The maximum atomic E-state index is 13.0. The van der Waals surface area contributed by atoms with Crippen LogP contribution in [0.4, 0.5) is 0 Å². The van der Waals surface area contributed by atoms with Crippen molar-refractivity contribution in [3.05, 3.63) is 48.6 Å². The minimum absolute atomic E-state index is 0.0754. The van der Waals surface area contributed by atoms with Crippen LogP contribution in [0.3, 0.4) is 0 Å². The first-order valence-corrected chi connectivity index (χ1v) is 35.6. The van der Waals surface area contributed by atoms with Gasteiger partial charge in [0.25, 0.3) is 0 Å². The van der Waals surface area contributed by atoms with Crippen LogP contribution in [0, 0.1) is 0 Å². The molecule has 1 atom stereocenters. The van der Waals surface area contributed by atoms with Gasteiger partial charge in [0.15, 0.2) is 6.10 Å². The van der Waals surface area contributed by atoms with Gasteiger partial charge in [0, 0.05) is 19.3 Å². The molecular weight excluding hydrogens is 985 g/mol. The van der Waals surface area contributed by atoms with Crippen LogP contribution in [0.15, 0.2) is 48.6 Å². The third-order valence-corrected chi connectivity index (χ3v) is 16.1. The number of hydrogen-bond donors (Lipinski definition) is 0. The summed E-state index contributed by atoms with van der Waals surface area (Å²) in [7, 11) is 0. The van der Waals surface area contributed by atoms with E-state index in [0.29, 0.717) is 19.3 Å². The van der Waals surface area contributed by atoms with Crippen molar-refractivity contribution >= 4 is 17.9 Å². The first kappa shape index (κ1) is 77.4. The largest absolute Gasteiger partial charge is 0.462 e. The van der Waals surface area contributed by atoms with E-state index in [2.05, 4.69) is 69.4 Å². The molecular formula is C74H136O6. The molecule has 0 bridgehead atoms. The molecule has 0 aromatic heterocycles. The molecule has 468 valence electrons. The molecule has 0 aliphatic heterocycles. The van der Waals surface area contributed by atoms with Crippen LogP contribution in [0.1, 0.15) is 387 Å². The molecule has 0 saturated carbocycles. The molecule has 0 saturated heterocycles. The number of hydrogen-bond acceptors (Lipinski definition) is 6. The average molecular weight is 1120 g/mol. The molecule has 0 aliphatic carbocycles. The number of ether oxygens (including phenoxy) is 3. The molecule has 0 heterocycles.